The van der Waals surface area contributed by atoms with Crippen LogP contribution in [0.3, 0.4) is 0 Å². The van der Waals surface area contributed by atoms with Crippen molar-refractivity contribution in [3.8, 4) is 0 Å². The van der Waals surface area contributed by atoms with Crippen LogP contribution in [0.1, 0.15) is 32.6 Å². The van der Waals surface area contributed by atoms with Gasteiger partial charge in [0.2, 0.25) is 0 Å². The van der Waals surface area contributed by atoms with Crippen LogP contribution in [0, 0.1) is 0 Å². The average molecular weight is 270 g/mol. The molecule has 5 nitrogen and oxygen atoms in total. The second-order valence-corrected chi connectivity index (χ2v) is 5.48. The standard InChI is InChI=1S/C14H26N2O3/c1-3-19-14(17)13(15-11-4-5-11)10-16-8-6-12(18-2)7-9-16/h11-13,15H,3-10H2,1-2H3. The Labute approximate surface area is 115 Å². The largest absolute Gasteiger partial charge is 0.465 e. The summed E-state index contributed by atoms with van der Waals surface area (Å²) < 4.78 is 10.5. The molecule has 0 aromatic rings. The monoisotopic (exact) mass is 270 g/mol. The summed E-state index contributed by atoms with van der Waals surface area (Å²) in [4.78, 5) is 14.3. The maximum atomic E-state index is 12.0. The second kappa shape index (κ2) is 7.22. The Balaban J connectivity index is 1.79. The lowest BCUT2D eigenvalue weighted by Gasteiger charge is -2.33. The van der Waals surface area contributed by atoms with Gasteiger partial charge in [-0.1, -0.05) is 0 Å². The van der Waals surface area contributed by atoms with Gasteiger partial charge in [0.15, 0.2) is 0 Å². The van der Waals surface area contributed by atoms with Crippen molar-refractivity contribution < 1.29 is 14.3 Å². The van der Waals surface area contributed by atoms with E-state index in [1.165, 1.54) is 12.8 Å². The minimum Gasteiger partial charge on any atom is -0.465 e. The van der Waals surface area contributed by atoms with Crippen LogP contribution in [0.2, 0.25) is 0 Å². The van der Waals surface area contributed by atoms with Crippen LogP contribution in [0.15, 0.2) is 0 Å². The Kier molecular flexibility index (Phi) is 5.60. The number of piperidine rings is 1. The topological polar surface area (TPSA) is 50.8 Å². The minimum atomic E-state index is -0.174. The van der Waals surface area contributed by atoms with Crippen molar-refractivity contribution >= 4 is 5.97 Å². The number of methoxy groups -OCH3 is 1. The number of nitrogens with one attached hydrogen (secondary N) is 1. The van der Waals surface area contributed by atoms with Gasteiger partial charge >= 0.3 is 5.97 Å². The van der Waals surface area contributed by atoms with Gasteiger partial charge in [0.25, 0.3) is 0 Å². The van der Waals surface area contributed by atoms with Crippen LogP contribution in [0.5, 0.6) is 0 Å². The van der Waals surface area contributed by atoms with Crippen LogP contribution in [-0.4, -0.2) is 62.4 Å². The van der Waals surface area contributed by atoms with Crippen LogP contribution in [0.25, 0.3) is 0 Å². The van der Waals surface area contributed by atoms with Gasteiger partial charge < -0.3 is 19.7 Å². The molecule has 0 aromatic heterocycles. The molecule has 1 saturated carbocycles. The molecule has 1 heterocycles. The Morgan fingerprint density at radius 2 is 2.00 bits per heavy atom. The van der Waals surface area contributed by atoms with Gasteiger partial charge in [-0.25, -0.2) is 0 Å². The van der Waals surface area contributed by atoms with E-state index in [9.17, 15) is 4.79 Å². The van der Waals surface area contributed by atoms with E-state index in [1.807, 2.05) is 6.92 Å². The third kappa shape index (κ3) is 4.75. The van der Waals surface area contributed by atoms with E-state index >= 15 is 0 Å². The molecule has 1 N–H and O–H groups in total. The summed E-state index contributed by atoms with van der Waals surface area (Å²) >= 11 is 0. The first kappa shape index (κ1) is 14.8. The summed E-state index contributed by atoms with van der Waals surface area (Å²) in [6, 6.07) is 0.345. The molecule has 0 amide bonds. The molecule has 1 aliphatic carbocycles. The number of hydrogen-bond donors (Lipinski definition) is 1. The van der Waals surface area contributed by atoms with Gasteiger partial charge in [0, 0.05) is 32.8 Å². The number of likely N-dealkylation sites (tertiary alicyclic amines) is 1. The molecule has 2 rings (SSSR count). The first-order chi connectivity index (χ1) is 9.22. The van der Waals surface area contributed by atoms with Gasteiger partial charge in [-0.05, 0) is 32.6 Å². The van der Waals surface area contributed by atoms with E-state index in [0.717, 1.165) is 32.5 Å². The SMILES string of the molecule is CCOC(=O)C(CN1CCC(OC)CC1)NC1CC1. The maximum Gasteiger partial charge on any atom is 0.324 e. The van der Waals surface area contributed by atoms with Crippen molar-refractivity contribution in [2.24, 2.45) is 0 Å². The average Bonchev–Trinajstić information content (AvgIpc) is 3.23. The van der Waals surface area contributed by atoms with Crippen molar-refractivity contribution in [2.75, 3.05) is 33.4 Å². The first-order valence-electron chi connectivity index (χ1n) is 7.40. The molecule has 2 fully saturated rings. The molecule has 1 saturated heterocycles. The zero-order chi connectivity index (χ0) is 13.7. The van der Waals surface area contributed by atoms with Crippen molar-refractivity contribution in [3.63, 3.8) is 0 Å². The predicted molar refractivity (Wildman–Crippen MR) is 73.0 cm³/mol. The van der Waals surface area contributed by atoms with Gasteiger partial charge in [-0.3, -0.25) is 4.79 Å². The van der Waals surface area contributed by atoms with Crippen LogP contribution >= 0.6 is 0 Å². The van der Waals surface area contributed by atoms with Gasteiger partial charge in [-0.2, -0.15) is 0 Å². The number of rotatable bonds is 7. The fourth-order valence-corrected chi connectivity index (χ4v) is 2.56. The Morgan fingerprint density at radius 3 is 2.53 bits per heavy atom. The fourth-order valence-electron chi connectivity index (χ4n) is 2.56. The quantitative estimate of drug-likeness (QED) is 0.693. The lowest BCUT2D eigenvalue weighted by atomic mass is 10.1. The predicted octanol–water partition coefficient (Wildman–Crippen LogP) is 0.781. The number of ether oxygens (including phenoxy) is 2. The van der Waals surface area contributed by atoms with E-state index in [1.54, 1.807) is 7.11 Å². The molecule has 110 valence electrons. The van der Waals surface area contributed by atoms with E-state index < -0.39 is 0 Å². The highest BCUT2D eigenvalue weighted by molar-refractivity contribution is 5.76. The molecule has 2 aliphatic rings. The maximum absolute atomic E-state index is 12.0. The third-order valence-corrected chi connectivity index (χ3v) is 3.89. The number of carbonyl (C=O) groups is 1. The number of esters is 1. The Bertz CT molecular complexity index is 286. The van der Waals surface area contributed by atoms with Crippen molar-refractivity contribution in [1.82, 2.24) is 10.2 Å². The fraction of sp³-hybridized carbons (Fsp3) is 0.929. The van der Waals surface area contributed by atoms with Crippen LogP contribution < -0.4 is 5.32 Å². The lowest BCUT2D eigenvalue weighted by Crippen LogP contribution is -2.50. The van der Waals surface area contributed by atoms with Gasteiger partial charge in [0.05, 0.1) is 12.7 Å². The molecule has 1 unspecified atom stereocenters. The van der Waals surface area contributed by atoms with Crippen molar-refractivity contribution in [2.45, 2.75) is 50.8 Å². The summed E-state index contributed by atoms with van der Waals surface area (Å²) in [5, 5.41) is 3.40. The van der Waals surface area contributed by atoms with Crippen molar-refractivity contribution in [1.29, 1.82) is 0 Å². The molecule has 0 aromatic carbocycles. The van der Waals surface area contributed by atoms with Crippen LogP contribution in [0.4, 0.5) is 0 Å². The molecule has 19 heavy (non-hydrogen) atoms. The zero-order valence-electron chi connectivity index (χ0n) is 12.1. The molecule has 0 spiro atoms. The molecule has 5 heteroatoms. The van der Waals surface area contributed by atoms with E-state index in [-0.39, 0.29) is 12.0 Å². The smallest absolute Gasteiger partial charge is 0.324 e. The van der Waals surface area contributed by atoms with Gasteiger partial charge in [0.1, 0.15) is 6.04 Å². The lowest BCUT2D eigenvalue weighted by molar-refractivity contribution is -0.146. The van der Waals surface area contributed by atoms with Gasteiger partial charge in [-0.15, -0.1) is 0 Å². The number of carbonyl (C=O) groups excluding carboxylic acids is 1. The molecular weight excluding hydrogens is 244 g/mol. The number of hydrogen-bond acceptors (Lipinski definition) is 5. The highest BCUT2D eigenvalue weighted by atomic mass is 16.5. The molecule has 0 bridgehead atoms. The third-order valence-electron chi connectivity index (χ3n) is 3.89. The highest BCUT2D eigenvalue weighted by Gasteiger charge is 2.31. The molecule has 1 aliphatic heterocycles. The highest BCUT2D eigenvalue weighted by Crippen LogP contribution is 2.20. The number of nitrogens with zero attached hydrogens (tertiary/aromatic N) is 1. The summed E-state index contributed by atoms with van der Waals surface area (Å²) in [6.45, 7) is 5.07. The summed E-state index contributed by atoms with van der Waals surface area (Å²) in [6.07, 6.45) is 4.85. The minimum absolute atomic E-state index is 0.108. The Morgan fingerprint density at radius 1 is 1.32 bits per heavy atom. The summed E-state index contributed by atoms with van der Waals surface area (Å²) in [7, 11) is 1.77. The zero-order valence-corrected chi connectivity index (χ0v) is 12.1. The second-order valence-electron chi connectivity index (χ2n) is 5.48. The van der Waals surface area contributed by atoms with Crippen LogP contribution in [-0.2, 0) is 14.3 Å². The van der Waals surface area contributed by atoms with E-state index in [0.29, 0.717) is 18.8 Å². The van der Waals surface area contributed by atoms with E-state index in [4.69, 9.17) is 9.47 Å². The Hall–Kier alpha value is -0.650. The van der Waals surface area contributed by atoms with E-state index in [2.05, 4.69) is 10.2 Å². The normalized spacial score (nSPS) is 23.3. The molecule has 0 radical (unpaired) electrons. The first-order valence-corrected chi connectivity index (χ1v) is 7.40. The van der Waals surface area contributed by atoms with Crippen molar-refractivity contribution in [3.05, 3.63) is 0 Å². The molecular formula is C14H26N2O3. The summed E-state index contributed by atoms with van der Waals surface area (Å²) in [5.74, 6) is -0.108. The molecule has 1 atom stereocenters. The summed E-state index contributed by atoms with van der Waals surface area (Å²) in [5.41, 5.74) is 0.